The fraction of sp³-hybridized carbons (Fsp3) is 0.467. The number of aliphatic hydroxyl groups excluding tert-OH is 1. The SMILES string of the molecule is Cc1ccc(NC(=O)CN(CCO)CC(C)C(=O)O)cc1. The van der Waals surface area contributed by atoms with Crippen LogP contribution in [0.3, 0.4) is 0 Å². The van der Waals surface area contributed by atoms with Crippen molar-refractivity contribution in [3.05, 3.63) is 29.8 Å². The van der Waals surface area contributed by atoms with Gasteiger partial charge in [-0.3, -0.25) is 14.5 Å². The van der Waals surface area contributed by atoms with Crippen molar-refractivity contribution in [3.8, 4) is 0 Å². The van der Waals surface area contributed by atoms with Crippen LogP contribution in [0.4, 0.5) is 5.69 Å². The van der Waals surface area contributed by atoms with Crippen LogP contribution >= 0.6 is 0 Å². The lowest BCUT2D eigenvalue weighted by Crippen LogP contribution is -2.39. The molecule has 0 bridgehead atoms. The van der Waals surface area contributed by atoms with Crippen LogP contribution in [0.1, 0.15) is 12.5 Å². The molecule has 3 N–H and O–H groups in total. The van der Waals surface area contributed by atoms with Crippen LogP contribution in [0.2, 0.25) is 0 Å². The van der Waals surface area contributed by atoms with Gasteiger partial charge in [-0.25, -0.2) is 0 Å². The number of rotatable bonds is 8. The van der Waals surface area contributed by atoms with Gasteiger partial charge in [-0.15, -0.1) is 0 Å². The van der Waals surface area contributed by atoms with Gasteiger partial charge in [0.2, 0.25) is 5.91 Å². The molecule has 0 heterocycles. The second-order valence-electron chi connectivity index (χ2n) is 5.11. The zero-order chi connectivity index (χ0) is 15.8. The molecular weight excluding hydrogens is 272 g/mol. The van der Waals surface area contributed by atoms with E-state index in [2.05, 4.69) is 5.32 Å². The number of nitrogens with one attached hydrogen (secondary N) is 1. The van der Waals surface area contributed by atoms with Crippen molar-refractivity contribution in [2.24, 2.45) is 5.92 Å². The second-order valence-corrected chi connectivity index (χ2v) is 5.11. The lowest BCUT2D eigenvalue weighted by Gasteiger charge is -2.22. The first-order valence-corrected chi connectivity index (χ1v) is 6.85. The summed E-state index contributed by atoms with van der Waals surface area (Å²) in [6.07, 6.45) is 0. The Bertz CT molecular complexity index is 473. The predicted molar refractivity (Wildman–Crippen MR) is 80.1 cm³/mol. The van der Waals surface area contributed by atoms with Crippen LogP contribution < -0.4 is 5.32 Å². The molecule has 0 aromatic heterocycles. The normalized spacial score (nSPS) is 12.2. The molecule has 116 valence electrons. The minimum absolute atomic E-state index is 0.0477. The van der Waals surface area contributed by atoms with Crippen molar-refractivity contribution in [3.63, 3.8) is 0 Å². The van der Waals surface area contributed by atoms with Gasteiger partial charge in [0, 0.05) is 18.8 Å². The average Bonchev–Trinajstić information content (AvgIpc) is 2.41. The summed E-state index contributed by atoms with van der Waals surface area (Å²) in [4.78, 5) is 24.4. The number of aliphatic hydroxyl groups is 1. The first-order chi connectivity index (χ1) is 9.92. The van der Waals surface area contributed by atoms with E-state index in [1.165, 1.54) is 0 Å². The maximum absolute atomic E-state index is 12.0. The molecular formula is C15H22N2O4. The number of amides is 1. The van der Waals surface area contributed by atoms with Gasteiger partial charge >= 0.3 is 5.97 Å². The van der Waals surface area contributed by atoms with Crippen molar-refractivity contribution in [2.75, 3.05) is 31.6 Å². The molecule has 1 rings (SSSR count). The van der Waals surface area contributed by atoms with E-state index >= 15 is 0 Å². The van der Waals surface area contributed by atoms with Crippen molar-refractivity contribution < 1.29 is 19.8 Å². The number of carboxylic acid groups (broad SMARTS) is 1. The standard InChI is InChI=1S/C15H22N2O4/c1-11-3-5-13(6-4-11)16-14(19)10-17(7-8-18)9-12(2)15(20)21/h3-6,12,18H,7-10H2,1-2H3,(H,16,19)(H,20,21). The van der Waals surface area contributed by atoms with Gasteiger partial charge in [0.25, 0.3) is 0 Å². The van der Waals surface area contributed by atoms with Crippen LogP contribution in [0.15, 0.2) is 24.3 Å². The largest absolute Gasteiger partial charge is 0.481 e. The molecule has 6 heteroatoms. The Balaban J connectivity index is 2.55. The van der Waals surface area contributed by atoms with Crippen molar-refractivity contribution in [2.45, 2.75) is 13.8 Å². The predicted octanol–water partition coefficient (Wildman–Crippen LogP) is 0.949. The Morgan fingerprint density at radius 3 is 2.43 bits per heavy atom. The lowest BCUT2D eigenvalue weighted by molar-refractivity contribution is -0.142. The number of hydrogen-bond acceptors (Lipinski definition) is 4. The molecule has 0 aliphatic rings. The molecule has 0 saturated heterocycles. The fourth-order valence-corrected chi connectivity index (χ4v) is 1.88. The van der Waals surface area contributed by atoms with Crippen molar-refractivity contribution in [1.82, 2.24) is 4.90 Å². The van der Waals surface area contributed by atoms with Gasteiger partial charge in [-0.2, -0.15) is 0 Å². The number of carbonyl (C=O) groups is 2. The highest BCUT2D eigenvalue weighted by atomic mass is 16.4. The molecule has 1 aromatic rings. The summed E-state index contributed by atoms with van der Waals surface area (Å²) in [5.74, 6) is -1.74. The van der Waals surface area contributed by atoms with Crippen LogP contribution in [-0.2, 0) is 9.59 Å². The third-order valence-corrected chi connectivity index (χ3v) is 3.07. The third kappa shape index (κ3) is 6.37. The van der Waals surface area contributed by atoms with Gasteiger partial charge in [0.05, 0.1) is 19.1 Å². The lowest BCUT2D eigenvalue weighted by atomic mass is 10.1. The molecule has 0 spiro atoms. The number of carboxylic acids is 1. The summed E-state index contributed by atoms with van der Waals surface area (Å²) in [5, 5.41) is 20.7. The number of aliphatic carboxylic acids is 1. The number of aryl methyl sites for hydroxylation is 1. The van der Waals surface area contributed by atoms with E-state index in [-0.39, 0.29) is 32.1 Å². The van der Waals surface area contributed by atoms with E-state index in [1.807, 2.05) is 31.2 Å². The van der Waals surface area contributed by atoms with Gasteiger partial charge in [-0.05, 0) is 19.1 Å². The zero-order valence-corrected chi connectivity index (χ0v) is 12.4. The van der Waals surface area contributed by atoms with Gasteiger partial charge in [0.1, 0.15) is 0 Å². The quantitative estimate of drug-likeness (QED) is 0.664. The number of nitrogens with zero attached hydrogens (tertiary/aromatic N) is 1. The molecule has 0 saturated carbocycles. The molecule has 1 unspecified atom stereocenters. The fourth-order valence-electron chi connectivity index (χ4n) is 1.88. The summed E-state index contributed by atoms with van der Waals surface area (Å²) in [6, 6.07) is 7.41. The molecule has 1 atom stereocenters. The minimum Gasteiger partial charge on any atom is -0.481 e. The van der Waals surface area contributed by atoms with E-state index < -0.39 is 11.9 Å². The van der Waals surface area contributed by atoms with Crippen LogP contribution in [0.25, 0.3) is 0 Å². The van der Waals surface area contributed by atoms with Crippen LogP contribution in [0, 0.1) is 12.8 Å². The van der Waals surface area contributed by atoms with E-state index in [9.17, 15) is 9.59 Å². The summed E-state index contributed by atoms with van der Waals surface area (Å²) in [6.45, 7) is 3.94. The number of benzene rings is 1. The summed E-state index contributed by atoms with van der Waals surface area (Å²) < 4.78 is 0. The number of anilines is 1. The van der Waals surface area contributed by atoms with Crippen LogP contribution in [-0.4, -0.2) is 53.2 Å². The second kappa shape index (κ2) is 8.39. The van der Waals surface area contributed by atoms with Crippen LogP contribution in [0.5, 0.6) is 0 Å². The Morgan fingerprint density at radius 2 is 1.90 bits per heavy atom. The van der Waals surface area contributed by atoms with E-state index in [0.717, 1.165) is 5.56 Å². The first kappa shape index (κ1) is 17.1. The topological polar surface area (TPSA) is 89.9 Å². The summed E-state index contributed by atoms with van der Waals surface area (Å²) in [7, 11) is 0. The molecule has 0 radical (unpaired) electrons. The number of carbonyl (C=O) groups excluding carboxylic acids is 1. The van der Waals surface area contributed by atoms with Gasteiger partial charge < -0.3 is 15.5 Å². The minimum atomic E-state index is -0.920. The first-order valence-electron chi connectivity index (χ1n) is 6.85. The highest BCUT2D eigenvalue weighted by Crippen LogP contribution is 2.09. The molecule has 21 heavy (non-hydrogen) atoms. The van der Waals surface area contributed by atoms with E-state index in [0.29, 0.717) is 5.69 Å². The van der Waals surface area contributed by atoms with Gasteiger partial charge in [-0.1, -0.05) is 24.6 Å². The van der Waals surface area contributed by atoms with Crippen molar-refractivity contribution >= 4 is 17.6 Å². The molecule has 0 aliphatic carbocycles. The molecule has 6 nitrogen and oxygen atoms in total. The molecule has 1 amide bonds. The molecule has 0 fully saturated rings. The zero-order valence-electron chi connectivity index (χ0n) is 12.4. The van der Waals surface area contributed by atoms with Gasteiger partial charge in [0.15, 0.2) is 0 Å². The number of hydrogen-bond donors (Lipinski definition) is 3. The summed E-state index contributed by atoms with van der Waals surface area (Å²) in [5.41, 5.74) is 1.80. The highest BCUT2D eigenvalue weighted by Gasteiger charge is 2.18. The summed E-state index contributed by atoms with van der Waals surface area (Å²) >= 11 is 0. The Kier molecular flexibility index (Phi) is 6.84. The van der Waals surface area contributed by atoms with Crippen molar-refractivity contribution in [1.29, 1.82) is 0 Å². The average molecular weight is 294 g/mol. The van der Waals surface area contributed by atoms with E-state index in [1.54, 1.807) is 11.8 Å². The molecule has 0 aliphatic heterocycles. The van der Waals surface area contributed by atoms with E-state index in [4.69, 9.17) is 10.2 Å². The maximum Gasteiger partial charge on any atom is 0.307 e. The monoisotopic (exact) mass is 294 g/mol. The maximum atomic E-state index is 12.0. The Hall–Kier alpha value is -1.92. The smallest absolute Gasteiger partial charge is 0.307 e. The highest BCUT2D eigenvalue weighted by molar-refractivity contribution is 5.92. The third-order valence-electron chi connectivity index (χ3n) is 3.07. The Morgan fingerprint density at radius 1 is 1.29 bits per heavy atom. The molecule has 1 aromatic carbocycles. The Labute approximate surface area is 124 Å².